The fourth-order valence-electron chi connectivity index (χ4n) is 0.689. The third-order valence-electron chi connectivity index (χ3n) is 1.16. The van der Waals surface area contributed by atoms with Gasteiger partial charge in [0.25, 0.3) is 0 Å². The maximum Gasteiger partial charge on any atom is 0.488 e. The van der Waals surface area contributed by atoms with Gasteiger partial charge < -0.3 is 9.92 Å². The van der Waals surface area contributed by atoms with Gasteiger partial charge in [-0.2, -0.15) is 8.42 Å². The van der Waals surface area contributed by atoms with E-state index < -0.39 is 16.3 Å². The van der Waals surface area contributed by atoms with Gasteiger partial charge in [0.05, 0.1) is 5.69 Å². The van der Waals surface area contributed by atoms with Crippen LogP contribution in [0.4, 0.5) is 14.0 Å². The van der Waals surface area contributed by atoms with Crippen molar-refractivity contribution < 1.29 is 20.9 Å². The summed E-state index contributed by atoms with van der Waals surface area (Å²) in [7, 11) is -5.08. The van der Waals surface area contributed by atoms with Gasteiger partial charge in [0, 0.05) is 6.07 Å². The van der Waals surface area contributed by atoms with Gasteiger partial charge in [0.1, 0.15) is 11.6 Å². The predicted octanol–water partition coefficient (Wildman–Crippen LogP) is 1.00. The van der Waals surface area contributed by atoms with Crippen molar-refractivity contribution in [3.8, 4) is 5.75 Å². The first-order valence-electron chi connectivity index (χ1n) is 3.07. The summed E-state index contributed by atoms with van der Waals surface area (Å²) < 4.78 is 48.2. The maximum atomic E-state index is 12.5. The van der Waals surface area contributed by atoms with Crippen LogP contribution >= 0.6 is 0 Å². The molecule has 72 valence electrons. The molecule has 0 aromatic heterocycles. The molecule has 1 aromatic carbocycles. The monoisotopic (exact) mass is 209 g/mol. The minimum atomic E-state index is -5.08. The third-order valence-corrected chi connectivity index (χ3v) is 1.55. The van der Waals surface area contributed by atoms with E-state index in [1.54, 1.807) is 0 Å². The van der Waals surface area contributed by atoms with E-state index in [1.807, 2.05) is 0 Å². The molecule has 13 heavy (non-hydrogen) atoms. The first-order valence-corrected chi connectivity index (χ1v) is 4.38. The Morgan fingerprint density at radius 1 is 1.38 bits per heavy atom. The van der Waals surface area contributed by atoms with Crippen LogP contribution in [0, 0.1) is 5.82 Å². The molecule has 0 unspecified atom stereocenters. The molecule has 0 aliphatic rings. The molecule has 0 saturated carbocycles. The molecule has 0 aliphatic heterocycles. The molecule has 0 heterocycles. The van der Waals surface area contributed by atoms with Crippen LogP contribution in [0.25, 0.3) is 0 Å². The van der Waals surface area contributed by atoms with Crippen molar-refractivity contribution in [2.45, 2.75) is 0 Å². The Balaban J connectivity index is 2.99. The van der Waals surface area contributed by atoms with Crippen molar-refractivity contribution in [2.75, 3.05) is 5.73 Å². The molecule has 0 aliphatic carbocycles. The average Bonchev–Trinajstić information content (AvgIpc) is 1.94. The molecule has 1 aromatic rings. The number of benzene rings is 1. The smallest absolute Gasteiger partial charge is 0.396 e. The SMILES string of the molecule is Nc1cc(OS(=O)(=O)F)ccc1F. The molecule has 4 nitrogen and oxygen atoms in total. The van der Waals surface area contributed by atoms with Crippen LogP contribution in [-0.4, -0.2) is 8.42 Å². The molecule has 0 radical (unpaired) electrons. The summed E-state index contributed by atoms with van der Waals surface area (Å²) in [6.07, 6.45) is 0. The summed E-state index contributed by atoms with van der Waals surface area (Å²) in [5, 5.41) is 0. The van der Waals surface area contributed by atoms with Gasteiger partial charge in [-0.15, -0.1) is 0 Å². The molecule has 1 rings (SSSR count). The van der Waals surface area contributed by atoms with Crippen molar-refractivity contribution >= 4 is 16.2 Å². The molecule has 0 saturated heterocycles. The van der Waals surface area contributed by atoms with Gasteiger partial charge >= 0.3 is 10.5 Å². The Hall–Kier alpha value is -1.37. The molecule has 2 N–H and O–H groups in total. The van der Waals surface area contributed by atoms with E-state index in [0.717, 1.165) is 18.2 Å². The maximum absolute atomic E-state index is 12.5. The Morgan fingerprint density at radius 3 is 2.46 bits per heavy atom. The summed E-state index contributed by atoms with van der Waals surface area (Å²) >= 11 is 0. The second-order valence-corrected chi connectivity index (χ2v) is 3.11. The fraction of sp³-hybridized carbons (Fsp3) is 0. The predicted molar refractivity (Wildman–Crippen MR) is 41.5 cm³/mol. The van der Waals surface area contributed by atoms with E-state index in [1.165, 1.54) is 0 Å². The van der Waals surface area contributed by atoms with E-state index >= 15 is 0 Å². The normalized spacial score (nSPS) is 11.2. The second kappa shape index (κ2) is 3.17. The minimum Gasteiger partial charge on any atom is -0.396 e. The van der Waals surface area contributed by atoms with Gasteiger partial charge in [-0.3, -0.25) is 0 Å². The summed E-state index contributed by atoms with van der Waals surface area (Å²) in [6.45, 7) is 0. The molecular formula is C6H5F2NO3S. The Morgan fingerprint density at radius 2 is 2.00 bits per heavy atom. The lowest BCUT2D eigenvalue weighted by atomic mass is 10.3. The summed E-state index contributed by atoms with van der Waals surface area (Å²) in [5.74, 6) is -1.11. The van der Waals surface area contributed by atoms with Gasteiger partial charge in [-0.05, 0) is 12.1 Å². The zero-order valence-corrected chi connectivity index (χ0v) is 7.01. The van der Waals surface area contributed by atoms with Crippen LogP contribution < -0.4 is 9.92 Å². The zero-order chi connectivity index (χ0) is 10.1. The summed E-state index contributed by atoms with van der Waals surface area (Å²) in [5.41, 5.74) is 4.75. The van der Waals surface area contributed by atoms with E-state index in [0.29, 0.717) is 0 Å². The highest BCUT2D eigenvalue weighted by Gasteiger charge is 2.10. The molecule has 0 atom stereocenters. The molecule has 0 amide bonds. The lowest BCUT2D eigenvalue weighted by Gasteiger charge is -2.01. The third kappa shape index (κ3) is 2.86. The number of anilines is 1. The summed E-state index contributed by atoms with van der Waals surface area (Å²) in [6, 6.07) is 2.69. The van der Waals surface area contributed by atoms with Crippen molar-refractivity contribution in [3.63, 3.8) is 0 Å². The zero-order valence-electron chi connectivity index (χ0n) is 6.20. The first kappa shape index (κ1) is 9.72. The van der Waals surface area contributed by atoms with Gasteiger partial charge in [0.15, 0.2) is 0 Å². The Bertz CT molecular complexity index is 418. The van der Waals surface area contributed by atoms with E-state index in [9.17, 15) is 16.7 Å². The number of hydrogen-bond acceptors (Lipinski definition) is 4. The van der Waals surface area contributed by atoms with Crippen LogP contribution in [0.5, 0.6) is 5.75 Å². The minimum absolute atomic E-state index is 0.318. The van der Waals surface area contributed by atoms with Crippen molar-refractivity contribution in [1.29, 1.82) is 0 Å². The number of halogens is 2. The van der Waals surface area contributed by atoms with Crippen LogP contribution in [0.1, 0.15) is 0 Å². The largest absolute Gasteiger partial charge is 0.488 e. The molecule has 7 heteroatoms. The van der Waals surface area contributed by atoms with Crippen LogP contribution in [-0.2, 0) is 10.5 Å². The molecular weight excluding hydrogens is 204 g/mol. The van der Waals surface area contributed by atoms with Crippen LogP contribution in [0.3, 0.4) is 0 Å². The highest BCUT2D eigenvalue weighted by atomic mass is 32.3. The number of rotatable bonds is 2. The summed E-state index contributed by atoms with van der Waals surface area (Å²) in [4.78, 5) is 0. The van der Waals surface area contributed by atoms with Gasteiger partial charge in [-0.25, -0.2) is 4.39 Å². The lowest BCUT2D eigenvalue weighted by molar-refractivity contribution is 0.439. The van der Waals surface area contributed by atoms with Crippen LogP contribution in [0.15, 0.2) is 18.2 Å². The number of nitrogens with two attached hydrogens (primary N) is 1. The van der Waals surface area contributed by atoms with Crippen LogP contribution in [0.2, 0.25) is 0 Å². The average molecular weight is 209 g/mol. The molecule has 0 spiro atoms. The van der Waals surface area contributed by atoms with Gasteiger partial charge in [0.2, 0.25) is 0 Å². The standard InChI is InChI=1S/C6H5F2NO3S/c7-5-2-1-4(3-6(5)9)12-13(8,10)11/h1-3H,9H2. The quantitative estimate of drug-likeness (QED) is 0.582. The van der Waals surface area contributed by atoms with Crippen molar-refractivity contribution in [1.82, 2.24) is 0 Å². The highest BCUT2D eigenvalue weighted by molar-refractivity contribution is 7.81. The highest BCUT2D eigenvalue weighted by Crippen LogP contribution is 2.19. The van der Waals surface area contributed by atoms with Crippen molar-refractivity contribution in [2.24, 2.45) is 0 Å². The number of nitrogen functional groups attached to an aromatic ring is 1. The first-order chi connectivity index (χ1) is 5.88. The Kier molecular flexibility index (Phi) is 2.37. The van der Waals surface area contributed by atoms with E-state index in [-0.39, 0.29) is 11.4 Å². The topological polar surface area (TPSA) is 69.4 Å². The number of hydrogen-bond donors (Lipinski definition) is 1. The second-order valence-electron chi connectivity index (χ2n) is 2.16. The van der Waals surface area contributed by atoms with Gasteiger partial charge in [-0.1, -0.05) is 3.89 Å². The lowest BCUT2D eigenvalue weighted by Crippen LogP contribution is -2.02. The molecule has 0 bridgehead atoms. The van der Waals surface area contributed by atoms with E-state index in [4.69, 9.17) is 5.73 Å². The fourth-order valence-corrected chi connectivity index (χ4v) is 1.02. The van der Waals surface area contributed by atoms with E-state index in [2.05, 4.69) is 4.18 Å². The van der Waals surface area contributed by atoms with Crippen molar-refractivity contribution in [3.05, 3.63) is 24.0 Å². The molecule has 0 fully saturated rings. The Labute approximate surface area is 73.3 Å².